The van der Waals surface area contributed by atoms with Gasteiger partial charge in [-0.2, -0.15) is 0 Å². The predicted octanol–water partition coefficient (Wildman–Crippen LogP) is 8.15. The Kier molecular flexibility index (Phi) is 8.51. The number of rotatable bonds is 10. The number of benzene rings is 4. The Morgan fingerprint density at radius 2 is 1.62 bits per heavy atom. The van der Waals surface area contributed by atoms with E-state index in [0.717, 1.165) is 34.5 Å². The molecule has 202 valence electrons. The first-order valence-electron chi connectivity index (χ1n) is 13.2. The van der Waals surface area contributed by atoms with Gasteiger partial charge in [0.25, 0.3) is 0 Å². The van der Waals surface area contributed by atoms with Crippen LogP contribution in [0.3, 0.4) is 0 Å². The molecule has 6 heteroatoms. The monoisotopic (exact) mass is 545 g/mol. The summed E-state index contributed by atoms with van der Waals surface area (Å²) in [7, 11) is 0. The quantitative estimate of drug-likeness (QED) is 0.218. The molecule has 1 aliphatic heterocycles. The summed E-state index contributed by atoms with van der Waals surface area (Å²) in [4.78, 5) is 0. The summed E-state index contributed by atoms with van der Waals surface area (Å²) in [5.74, 6) is 0.528. The van der Waals surface area contributed by atoms with E-state index in [9.17, 15) is 4.39 Å². The summed E-state index contributed by atoms with van der Waals surface area (Å²) in [5, 5.41) is 4.11. The molecule has 0 radical (unpaired) electrons. The molecule has 0 fully saturated rings. The van der Waals surface area contributed by atoms with E-state index in [1.807, 2.05) is 68.4 Å². The fourth-order valence-corrected chi connectivity index (χ4v) is 5.05. The largest absolute Gasteiger partial charge is 0.485 e. The highest BCUT2D eigenvalue weighted by atomic mass is 35.5. The van der Waals surface area contributed by atoms with Gasteiger partial charge in [0.05, 0.1) is 13.2 Å². The maximum Gasteiger partial charge on any atom is 0.132 e. The zero-order valence-corrected chi connectivity index (χ0v) is 23.0. The zero-order chi connectivity index (χ0) is 27.2. The molecule has 5 rings (SSSR count). The molecular formula is C33H33ClFNO3. The molecule has 0 saturated carbocycles. The van der Waals surface area contributed by atoms with Crippen molar-refractivity contribution in [3.05, 3.63) is 130 Å². The van der Waals surface area contributed by atoms with Gasteiger partial charge < -0.3 is 19.5 Å². The molecule has 1 N–H and O–H groups in total. The van der Waals surface area contributed by atoms with Gasteiger partial charge in [-0.1, -0.05) is 72.3 Å². The second-order valence-electron chi connectivity index (χ2n) is 10.3. The summed E-state index contributed by atoms with van der Waals surface area (Å²) in [6.07, 6.45) is 0.0418. The number of anilines is 1. The van der Waals surface area contributed by atoms with Crippen LogP contribution in [0, 0.1) is 5.82 Å². The molecule has 0 bridgehead atoms. The molecule has 0 amide bonds. The van der Waals surface area contributed by atoms with E-state index in [-0.39, 0.29) is 18.0 Å². The van der Waals surface area contributed by atoms with Gasteiger partial charge in [-0.3, -0.25) is 0 Å². The molecule has 39 heavy (non-hydrogen) atoms. The third-order valence-electron chi connectivity index (χ3n) is 6.97. The summed E-state index contributed by atoms with van der Waals surface area (Å²) >= 11 is 6.43. The molecule has 2 atom stereocenters. The fraction of sp³-hybridized carbons (Fsp3) is 0.273. The second kappa shape index (κ2) is 12.2. The average molecular weight is 546 g/mol. The van der Waals surface area contributed by atoms with Gasteiger partial charge in [-0.05, 0) is 73.4 Å². The minimum atomic E-state index is -0.644. The third-order valence-corrected chi connectivity index (χ3v) is 7.34. The van der Waals surface area contributed by atoms with E-state index in [2.05, 4.69) is 23.5 Å². The van der Waals surface area contributed by atoms with E-state index in [1.165, 1.54) is 17.7 Å². The van der Waals surface area contributed by atoms with Crippen molar-refractivity contribution in [3.63, 3.8) is 0 Å². The van der Waals surface area contributed by atoms with Crippen molar-refractivity contribution in [3.8, 4) is 5.75 Å². The standard InChI is InChI=1S/C33H33ClFNO3/c1-33(2)32(38-22-25-10-6-7-11-29(25)34)31(37-19-18-23-8-4-3-5-9-23)28-20-27(16-17-30(28)39-33)36-21-24-12-14-26(35)15-13-24/h3-17,20,31-32,36H,18-19,21-22H2,1-2H3. The van der Waals surface area contributed by atoms with Crippen LogP contribution in [0.4, 0.5) is 10.1 Å². The van der Waals surface area contributed by atoms with E-state index >= 15 is 0 Å². The van der Waals surface area contributed by atoms with Gasteiger partial charge in [-0.15, -0.1) is 0 Å². The van der Waals surface area contributed by atoms with Gasteiger partial charge in [0.15, 0.2) is 0 Å². The first kappa shape index (κ1) is 27.2. The van der Waals surface area contributed by atoms with E-state index in [0.29, 0.717) is 24.8 Å². The van der Waals surface area contributed by atoms with Crippen LogP contribution >= 0.6 is 11.6 Å². The van der Waals surface area contributed by atoms with Gasteiger partial charge in [0.1, 0.15) is 29.4 Å². The predicted molar refractivity (Wildman–Crippen MR) is 154 cm³/mol. The Morgan fingerprint density at radius 3 is 2.38 bits per heavy atom. The Balaban J connectivity index is 1.39. The summed E-state index contributed by atoms with van der Waals surface area (Å²) in [6.45, 7) is 5.50. The summed E-state index contributed by atoms with van der Waals surface area (Å²) < 4.78 is 32.9. The van der Waals surface area contributed by atoms with Crippen molar-refractivity contribution in [1.82, 2.24) is 0 Å². The number of nitrogens with one attached hydrogen (secondary N) is 1. The van der Waals surface area contributed by atoms with Crippen molar-refractivity contribution in [2.24, 2.45) is 0 Å². The molecule has 0 saturated heterocycles. The molecule has 1 aliphatic rings. The zero-order valence-electron chi connectivity index (χ0n) is 22.2. The smallest absolute Gasteiger partial charge is 0.132 e. The van der Waals surface area contributed by atoms with Crippen molar-refractivity contribution < 1.29 is 18.6 Å². The highest BCUT2D eigenvalue weighted by Gasteiger charge is 2.45. The number of ether oxygens (including phenoxy) is 3. The lowest BCUT2D eigenvalue weighted by atomic mass is 9.87. The topological polar surface area (TPSA) is 39.7 Å². The van der Waals surface area contributed by atoms with E-state index in [1.54, 1.807) is 12.1 Å². The van der Waals surface area contributed by atoms with Crippen LogP contribution in [-0.4, -0.2) is 18.3 Å². The molecular weight excluding hydrogens is 513 g/mol. The Morgan fingerprint density at radius 1 is 0.872 bits per heavy atom. The molecule has 4 nitrogen and oxygen atoms in total. The maximum atomic E-state index is 13.3. The molecule has 0 aliphatic carbocycles. The van der Waals surface area contributed by atoms with Crippen molar-refractivity contribution in [2.45, 2.75) is 51.2 Å². The van der Waals surface area contributed by atoms with Crippen LogP contribution in [0.25, 0.3) is 0 Å². The minimum Gasteiger partial charge on any atom is -0.485 e. The molecule has 0 aromatic heterocycles. The van der Waals surface area contributed by atoms with Crippen LogP contribution in [0.5, 0.6) is 5.75 Å². The normalized spacial score (nSPS) is 17.7. The second-order valence-corrected chi connectivity index (χ2v) is 10.7. The molecule has 1 heterocycles. The van der Waals surface area contributed by atoms with Crippen molar-refractivity contribution in [2.75, 3.05) is 11.9 Å². The third kappa shape index (κ3) is 6.80. The SMILES string of the molecule is CC1(C)Oc2ccc(NCc3ccc(F)cc3)cc2C(OCCc2ccccc2)C1OCc1ccccc1Cl. The summed E-state index contributed by atoms with van der Waals surface area (Å²) in [5.41, 5.74) is 4.32. The lowest BCUT2D eigenvalue weighted by Gasteiger charge is -2.44. The highest BCUT2D eigenvalue weighted by Crippen LogP contribution is 2.45. The van der Waals surface area contributed by atoms with Gasteiger partial charge in [0.2, 0.25) is 0 Å². The summed E-state index contributed by atoms with van der Waals surface area (Å²) in [6, 6.07) is 30.5. The Bertz CT molecular complexity index is 1380. The maximum absolute atomic E-state index is 13.3. The lowest BCUT2D eigenvalue weighted by Crippen LogP contribution is -2.51. The van der Waals surface area contributed by atoms with Crippen LogP contribution in [-0.2, 0) is 29.0 Å². The van der Waals surface area contributed by atoms with E-state index < -0.39 is 5.60 Å². The van der Waals surface area contributed by atoms with Crippen LogP contribution in [0.2, 0.25) is 5.02 Å². The number of hydrogen-bond donors (Lipinski definition) is 1. The first-order valence-corrected chi connectivity index (χ1v) is 13.6. The molecule has 4 aromatic rings. The highest BCUT2D eigenvalue weighted by molar-refractivity contribution is 6.31. The van der Waals surface area contributed by atoms with Crippen LogP contribution in [0.1, 0.15) is 42.2 Å². The van der Waals surface area contributed by atoms with Gasteiger partial charge in [-0.25, -0.2) is 4.39 Å². The number of fused-ring (bicyclic) bond motifs is 1. The Labute approximate surface area is 234 Å². The van der Waals surface area contributed by atoms with Crippen LogP contribution in [0.15, 0.2) is 97.1 Å². The van der Waals surface area contributed by atoms with Crippen LogP contribution < -0.4 is 10.1 Å². The van der Waals surface area contributed by atoms with E-state index in [4.69, 9.17) is 25.8 Å². The number of halogens is 2. The molecule has 0 spiro atoms. The van der Waals surface area contributed by atoms with Gasteiger partial charge >= 0.3 is 0 Å². The first-order chi connectivity index (χ1) is 18.9. The molecule has 4 aromatic carbocycles. The van der Waals surface area contributed by atoms with Gasteiger partial charge in [0, 0.05) is 22.8 Å². The average Bonchev–Trinajstić information content (AvgIpc) is 2.93. The fourth-order valence-electron chi connectivity index (χ4n) is 4.86. The van der Waals surface area contributed by atoms with Crippen molar-refractivity contribution in [1.29, 1.82) is 0 Å². The molecule has 2 unspecified atom stereocenters. The Hall–Kier alpha value is -3.38. The van der Waals surface area contributed by atoms with Crippen molar-refractivity contribution >= 4 is 17.3 Å². The lowest BCUT2D eigenvalue weighted by molar-refractivity contribution is -0.167. The number of hydrogen-bond acceptors (Lipinski definition) is 4. The minimum absolute atomic E-state index is 0.245.